The molecule has 2 aromatic rings. The average Bonchev–Trinajstić information content (AvgIpc) is 3.52. The number of halogens is 1. The molecular weight excluding hydrogens is 562 g/mol. The molecule has 0 unspecified atom stereocenters. The van der Waals surface area contributed by atoms with Crippen molar-refractivity contribution in [3.05, 3.63) is 41.1 Å². The van der Waals surface area contributed by atoms with Crippen molar-refractivity contribution in [3.63, 3.8) is 0 Å². The monoisotopic (exact) mass is 597 g/mol. The molecule has 5 atom stereocenters. The topological polar surface area (TPSA) is 149 Å². The fraction of sp³-hybridized carbons (Fsp3) is 0.483. The van der Waals surface area contributed by atoms with Gasteiger partial charge in [0.25, 0.3) is 0 Å². The first-order valence-corrected chi connectivity index (χ1v) is 14.4. The Kier molecular flexibility index (Phi) is 8.55. The third-order valence-electron chi connectivity index (χ3n) is 8.13. The number of aliphatic carboxylic acids is 1. The number of methoxy groups -OCH3 is 1. The maximum Gasteiger partial charge on any atom is 0.309 e. The highest BCUT2D eigenvalue weighted by molar-refractivity contribution is 6.32. The first kappa shape index (κ1) is 29.6. The SMILES string of the molecule is CCN1C(=O)[C@H](NC(=O)CN(C)C)CCc2c1ccc(Nc1ncc(Cl)c(N[C@H]3[C@@H](C(=O)O)[C@@H]4C=C[C@H]3C4)n1)c2OC. The maximum atomic E-state index is 13.4. The molecule has 12 nitrogen and oxygen atoms in total. The van der Waals surface area contributed by atoms with E-state index in [4.69, 9.17) is 16.3 Å². The van der Waals surface area contributed by atoms with Gasteiger partial charge in [0.05, 0.1) is 37.1 Å². The fourth-order valence-corrected chi connectivity index (χ4v) is 6.46. The second-order valence-electron chi connectivity index (χ2n) is 11.1. The summed E-state index contributed by atoms with van der Waals surface area (Å²) in [5.41, 5.74) is 2.14. The number of anilines is 4. The van der Waals surface area contributed by atoms with Crippen molar-refractivity contribution >= 4 is 52.5 Å². The summed E-state index contributed by atoms with van der Waals surface area (Å²) in [6.45, 7) is 2.50. The quantitative estimate of drug-likeness (QED) is 0.301. The molecule has 42 heavy (non-hydrogen) atoms. The van der Waals surface area contributed by atoms with E-state index in [0.717, 1.165) is 17.7 Å². The van der Waals surface area contributed by atoms with Gasteiger partial charge in [-0.3, -0.25) is 14.4 Å². The normalized spacial score (nSPS) is 24.4. The van der Waals surface area contributed by atoms with Gasteiger partial charge in [0, 0.05) is 18.2 Å². The molecule has 3 aliphatic rings. The fourth-order valence-electron chi connectivity index (χ4n) is 6.31. The first-order chi connectivity index (χ1) is 20.1. The molecule has 1 fully saturated rings. The van der Waals surface area contributed by atoms with Gasteiger partial charge in [-0.15, -0.1) is 0 Å². The Morgan fingerprint density at radius 2 is 2.00 bits per heavy atom. The van der Waals surface area contributed by atoms with Gasteiger partial charge in [0.2, 0.25) is 17.8 Å². The summed E-state index contributed by atoms with van der Waals surface area (Å²) >= 11 is 6.43. The predicted octanol–water partition coefficient (Wildman–Crippen LogP) is 2.91. The van der Waals surface area contributed by atoms with Crippen LogP contribution in [0.15, 0.2) is 30.5 Å². The van der Waals surface area contributed by atoms with Gasteiger partial charge in [-0.05, 0) is 64.3 Å². The lowest BCUT2D eigenvalue weighted by molar-refractivity contribution is -0.142. The number of benzene rings is 1. The van der Waals surface area contributed by atoms with Crippen LogP contribution >= 0.6 is 11.6 Å². The summed E-state index contributed by atoms with van der Waals surface area (Å²) in [5, 5.41) is 19.5. The number of likely N-dealkylation sites (N-methyl/N-ethyl adjacent to an activating group) is 2. The smallest absolute Gasteiger partial charge is 0.309 e. The van der Waals surface area contributed by atoms with Crippen LogP contribution in [0.1, 0.15) is 25.3 Å². The number of nitrogens with one attached hydrogen (secondary N) is 3. The van der Waals surface area contributed by atoms with Crippen LogP contribution in [0.3, 0.4) is 0 Å². The summed E-state index contributed by atoms with van der Waals surface area (Å²) < 4.78 is 5.84. The Bertz CT molecular complexity index is 1420. The number of nitrogens with zero attached hydrogens (tertiary/aromatic N) is 4. The van der Waals surface area contributed by atoms with Crippen molar-refractivity contribution in [1.82, 2.24) is 20.2 Å². The highest BCUT2D eigenvalue weighted by Crippen LogP contribution is 2.46. The van der Waals surface area contributed by atoms with Crippen LogP contribution in [0.2, 0.25) is 5.02 Å². The van der Waals surface area contributed by atoms with Crippen molar-refractivity contribution < 1.29 is 24.2 Å². The number of amides is 2. The second kappa shape index (κ2) is 12.1. The molecule has 1 saturated carbocycles. The number of allylic oxidation sites excluding steroid dienone is 1. The van der Waals surface area contributed by atoms with Crippen LogP contribution in [0.25, 0.3) is 0 Å². The molecule has 2 heterocycles. The third kappa shape index (κ3) is 5.73. The zero-order valence-corrected chi connectivity index (χ0v) is 24.8. The summed E-state index contributed by atoms with van der Waals surface area (Å²) in [5.74, 6) is -0.582. The van der Waals surface area contributed by atoms with Gasteiger partial charge in [-0.1, -0.05) is 23.8 Å². The zero-order chi connectivity index (χ0) is 30.1. The van der Waals surface area contributed by atoms with Crippen LogP contribution in [0.5, 0.6) is 5.75 Å². The lowest BCUT2D eigenvalue weighted by Gasteiger charge is -2.27. The lowest BCUT2D eigenvalue weighted by Crippen LogP contribution is -2.49. The number of aromatic nitrogens is 2. The van der Waals surface area contributed by atoms with Gasteiger partial charge < -0.3 is 35.6 Å². The summed E-state index contributed by atoms with van der Waals surface area (Å²) in [6, 6.07) is 2.66. The molecule has 2 aliphatic carbocycles. The number of carbonyl (C=O) groups is 3. The highest BCUT2D eigenvalue weighted by Gasteiger charge is 2.48. The van der Waals surface area contributed by atoms with E-state index in [1.807, 2.05) is 19.1 Å². The molecule has 13 heteroatoms. The van der Waals surface area contributed by atoms with Crippen LogP contribution in [-0.2, 0) is 20.8 Å². The number of carboxylic acid groups (broad SMARTS) is 1. The zero-order valence-electron chi connectivity index (χ0n) is 24.1. The van der Waals surface area contributed by atoms with Crippen LogP contribution in [0.4, 0.5) is 23.1 Å². The molecule has 4 N–H and O–H groups in total. The van der Waals surface area contributed by atoms with Crippen molar-refractivity contribution in [2.75, 3.05) is 49.8 Å². The van der Waals surface area contributed by atoms with E-state index in [0.29, 0.717) is 36.6 Å². The Balaban J connectivity index is 1.39. The maximum absolute atomic E-state index is 13.4. The lowest BCUT2D eigenvalue weighted by atomic mass is 9.89. The first-order valence-electron chi connectivity index (χ1n) is 14.0. The van der Waals surface area contributed by atoms with E-state index in [2.05, 4.69) is 32.0 Å². The summed E-state index contributed by atoms with van der Waals surface area (Å²) in [7, 11) is 5.16. The van der Waals surface area contributed by atoms with Crippen molar-refractivity contribution in [2.24, 2.45) is 17.8 Å². The second-order valence-corrected chi connectivity index (χ2v) is 11.5. The molecule has 1 aromatic heterocycles. The minimum absolute atomic E-state index is 0.0116. The number of hydrogen-bond acceptors (Lipinski definition) is 9. The molecule has 2 amide bonds. The van der Waals surface area contributed by atoms with Crippen molar-refractivity contribution in [3.8, 4) is 5.75 Å². The Morgan fingerprint density at radius 3 is 2.69 bits per heavy atom. The average molecular weight is 598 g/mol. The molecule has 1 aromatic carbocycles. The molecular formula is C29H36ClN7O5. The van der Waals surface area contributed by atoms with E-state index < -0.39 is 17.9 Å². The standard InChI is InChI=1S/C29H36ClN7O5/c1-5-37-21-11-10-19(25(42-4)17(21)8-9-20(27(37)39)32-22(38)14-36(2)3)33-29-31-13-18(30)26(35-29)34-24-16-7-6-15(12-16)23(24)28(40)41/h6-7,10-11,13,15-16,20,23-24H,5,8-9,12,14H2,1-4H3,(H,32,38)(H,40,41)(H2,31,33,34,35)/t15-,16+,20-,23+,24-/m1/s1. The van der Waals surface area contributed by atoms with E-state index in [-0.39, 0.29) is 47.2 Å². The predicted molar refractivity (Wildman–Crippen MR) is 159 cm³/mol. The van der Waals surface area contributed by atoms with E-state index in [1.165, 1.54) is 6.20 Å². The molecule has 0 saturated heterocycles. The number of rotatable bonds is 10. The molecule has 2 bridgehead atoms. The third-order valence-corrected chi connectivity index (χ3v) is 8.40. The molecule has 0 spiro atoms. The molecule has 5 rings (SSSR count). The summed E-state index contributed by atoms with van der Waals surface area (Å²) in [6.07, 6.45) is 7.19. The number of ether oxygens (including phenoxy) is 1. The molecule has 224 valence electrons. The number of fused-ring (bicyclic) bond motifs is 3. The van der Waals surface area contributed by atoms with Gasteiger partial charge >= 0.3 is 5.97 Å². The van der Waals surface area contributed by atoms with Crippen molar-refractivity contribution in [1.29, 1.82) is 0 Å². The Morgan fingerprint density at radius 1 is 1.24 bits per heavy atom. The van der Waals surface area contributed by atoms with Gasteiger partial charge in [-0.25, -0.2) is 4.98 Å². The van der Waals surface area contributed by atoms with Crippen LogP contribution in [-0.4, -0.2) is 84.1 Å². The number of carbonyl (C=O) groups excluding carboxylic acids is 2. The molecule has 0 radical (unpaired) electrons. The van der Waals surface area contributed by atoms with Crippen LogP contribution < -0.4 is 25.6 Å². The number of carboxylic acids is 1. The van der Waals surface area contributed by atoms with Gasteiger partial charge in [0.15, 0.2) is 5.82 Å². The Labute approximate surface area is 249 Å². The van der Waals surface area contributed by atoms with E-state index in [1.54, 1.807) is 37.1 Å². The molecule has 1 aliphatic heterocycles. The minimum Gasteiger partial charge on any atom is -0.494 e. The largest absolute Gasteiger partial charge is 0.494 e. The van der Waals surface area contributed by atoms with E-state index in [9.17, 15) is 19.5 Å². The minimum atomic E-state index is -0.846. The number of hydrogen-bond donors (Lipinski definition) is 4. The van der Waals surface area contributed by atoms with E-state index >= 15 is 0 Å². The van der Waals surface area contributed by atoms with Gasteiger partial charge in [-0.2, -0.15) is 4.98 Å². The summed E-state index contributed by atoms with van der Waals surface area (Å²) in [4.78, 5) is 50.2. The van der Waals surface area contributed by atoms with Gasteiger partial charge in [0.1, 0.15) is 16.8 Å². The van der Waals surface area contributed by atoms with Crippen molar-refractivity contribution in [2.45, 2.75) is 38.3 Å². The highest BCUT2D eigenvalue weighted by atomic mass is 35.5. The van der Waals surface area contributed by atoms with Crippen LogP contribution in [0, 0.1) is 17.8 Å². The Hall–Kier alpha value is -3.90.